The van der Waals surface area contributed by atoms with Gasteiger partial charge in [-0.1, -0.05) is 19.3 Å². The number of primary amides is 1. The second-order valence-electron chi connectivity index (χ2n) is 10.7. The van der Waals surface area contributed by atoms with E-state index in [9.17, 15) is 9.59 Å². The first-order chi connectivity index (χ1) is 14.1. The molecule has 2 N–H and O–H groups in total. The van der Waals surface area contributed by atoms with Crippen molar-refractivity contribution in [3.05, 3.63) is 0 Å². The summed E-state index contributed by atoms with van der Waals surface area (Å²) in [5.41, 5.74) is 5.46. The topological polar surface area (TPSA) is 79.1 Å². The molecule has 2 heterocycles. The van der Waals surface area contributed by atoms with Gasteiger partial charge in [-0.2, -0.15) is 0 Å². The number of amides is 3. The standard InChI is InChI=1S/C23H42N4O3/c1-22(2,3)30-21(29)25-16-12-23(4,13-17-25)26-14-10-19(11-15-26)27(20(24)28)18-8-6-5-7-9-18/h18-19H,5-17H2,1-4H3,(H2,24,28). The summed E-state index contributed by atoms with van der Waals surface area (Å²) in [7, 11) is 0. The van der Waals surface area contributed by atoms with E-state index in [1.54, 1.807) is 0 Å². The molecule has 0 atom stereocenters. The Balaban J connectivity index is 1.52. The Kier molecular flexibility index (Phi) is 7.20. The normalized spacial score (nSPS) is 24.5. The van der Waals surface area contributed by atoms with Gasteiger partial charge in [0.05, 0.1) is 0 Å². The summed E-state index contributed by atoms with van der Waals surface area (Å²) < 4.78 is 5.54. The van der Waals surface area contributed by atoms with Crippen LogP contribution in [0.25, 0.3) is 0 Å². The average Bonchev–Trinajstić information content (AvgIpc) is 2.68. The minimum Gasteiger partial charge on any atom is -0.444 e. The summed E-state index contributed by atoms with van der Waals surface area (Å²) in [6, 6.07) is 0.366. The second kappa shape index (κ2) is 9.33. The van der Waals surface area contributed by atoms with Gasteiger partial charge in [0.15, 0.2) is 0 Å². The number of hydrogen-bond acceptors (Lipinski definition) is 4. The molecule has 7 nitrogen and oxygen atoms in total. The van der Waals surface area contributed by atoms with Crippen molar-refractivity contribution in [1.82, 2.24) is 14.7 Å². The van der Waals surface area contributed by atoms with Crippen molar-refractivity contribution in [2.24, 2.45) is 5.73 Å². The lowest BCUT2D eigenvalue weighted by Crippen LogP contribution is -2.60. The first kappa shape index (κ1) is 23.2. The molecular weight excluding hydrogens is 380 g/mol. The lowest BCUT2D eigenvalue weighted by atomic mass is 9.85. The molecule has 2 saturated heterocycles. The number of piperidine rings is 2. The zero-order valence-corrected chi connectivity index (χ0v) is 19.5. The van der Waals surface area contributed by atoms with Crippen LogP contribution in [0.3, 0.4) is 0 Å². The zero-order valence-electron chi connectivity index (χ0n) is 19.5. The molecule has 3 fully saturated rings. The number of likely N-dealkylation sites (tertiary alicyclic amines) is 2. The Labute approximate surface area is 182 Å². The summed E-state index contributed by atoms with van der Waals surface area (Å²) in [5.74, 6) is 0. The van der Waals surface area contributed by atoms with E-state index >= 15 is 0 Å². The van der Waals surface area contributed by atoms with E-state index in [2.05, 4.69) is 11.8 Å². The fraction of sp³-hybridized carbons (Fsp3) is 0.913. The molecule has 0 radical (unpaired) electrons. The maximum Gasteiger partial charge on any atom is 0.410 e. The maximum atomic E-state index is 12.4. The first-order valence-corrected chi connectivity index (χ1v) is 11.9. The SMILES string of the molecule is CC(C)(C)OC(=O)N1CCC(C)(N2CCC(N(C(N)=O)C3CCCCC3)CC2)CC1. The summed E-state index contributed by atoms with van der Waals surface area (Å²) in [6.07, 6.45) is 9.59. The van der Waals surface area contributed by atoms with Crippen LogP contribution in [0.15, 0.2) is 0 Å². The number of carbonyl (C=O) groups is 2. The van der Waals surface area contributed by atoms with Crippen molar-refractivity contribution in [1.29, 1.82) is 0 Å². The predicted molar refractivity (Wildman–Crippen MR) is 118 cm³/mol. The number of nitrogens with two attached hydrogens (primary N) is 1. The van der Waals surface area contributed by atoms with Gasteiger partial charge in [0, 0.05) is 43.8 Å². The quantitative estimate of drug-likeness (QED) is 0.747. The van der Waals surface area contributed by atoms with Crippen LogP contribution in [-0.2, 0) is 4.74 Å². The lowest BCUT2D eigenvalue weighted by Gasteiger charge is -2.50. The van der Waals surface area contributed by atoms with E-state index in [0.29, 0.717) is 6.04 Å². The molecule has 3 amide bonds. The number of carbonyl (C=O) groups excluding carboxylic acids is 2. The highest BCUT2D eigenvalue weighted by Gasteiger charge is 2.41. The molecule has 1 saturated carbocycles. The highest BCUT2D eigenvalue weighted by Crippen LogP contribution is 2.34. The monoisotopic (exact) mass is 422 g/mol. The van der Waals surface area contributed by atoms with Crippen LogP contribution in [0.1, 0.15) is 85.5 Å². The lowest BCUT2D eigenvalue weighted by molar-refractivity contribution is -0.0153. The van der Waals surface area contributed by atoms with E-state index < -0.39 is 5.60 Å². The minimum atomic E-state index is -0.454. The van der Waals surface area contributed by atoms with Gasteiger partial charge in [-0.3, -0.25) is 4.90 Å². The predicted octanol–water partition coefficient (Wildman–Crippen LogP) is 3.95. The molecule has 0 aromatic rings. The minimum absolute atomic E-state index is 0.103. The highest BCUT2D eigenvalue weighted by atomic mass is 16.6. The van der Waals surface area contributed by atoms with Gasteiger partial charge in [-0.25, -0.2) is 9.59 Å². The number of ether oxygens (including phenoxy) is 1. The third kappa shape index (κ3) is 5.59. The summed E-state index contributed by atoms with van der Waals surface area (Å²) in [5, 5.41) is 0. The van der Waals surface area contributed by atoms with E-state index in [1.807, 2.05) is 30.6 Å². The summed E-state index contributed by atoms with van der Waals surface area (Å²) in [6.45, 7) is 11.5. The van der Waals surface area contributed by atoms with E-state index in [1.165, 1.54) is 19.3 Å². The first-order valence-electron chi connectivity index (χ1n) is 11.9. The van der Waals surface area contributed by atoms with Crippen molar-refractivity contribution in [3.8, 4) is 0 Å². The van der Waals surface area contributed by atoms with Crippen molar-refractivity contribution >= 4 is 12.1 Å². The third-order valence-corrected chi connectivity index (χ3v) is 7.34. The molecule has 172 valence electrons. The van der Waals surface area contributed by atoms with E-state index in [4.69, 9.17) is 10.5 Å². The maximum absolute atomic E-state index is 12.4. The van der Waals surface area contributed by atoms with E-state index in [0.717, 1.165) is 64.7 Å². The molecule has 0 unspecified atom stereocenters. The van der Waals surface area contributed by atoms with Crippen LogP contribution in [0, 0.1) is 0 Å². The van der Waals surface area contributed by atoms with Gasteiger partial charge in [-0.05, 0) is 66.2 Å². The molecule has 0 aromatic carbocycles. The van der Waals surface area contributed by atoms with Gasteiger partial charge in [-0.15, -0.1) is 0 Å². The van der Waals surface area contributed by atoms with Crippen molar-refractivity contribution in [2.75, 3.05) is 26.2 Å². The van der Waals surface area contributed by atoms with Crippen molar-refractivity contribution < 1.29 is 14.3 Å². The van der Waals surface area contributed by atoms with Crippen LogP contribution in [0.4, 0.5) is 9.59 Å². The Morgan fingerprint density at radius 3 is 1.97 bits per heavy atom. The van der Waals surface area contributed by atoms with Gasteiger partial charge in [0.1, 0.15) is 5.60 Å². The molecule has 1 aliphatic carbocycles. The van der Waals surface area contributed by atoms with Crippen LogP contribution < -0.4 is 5.73 Å². The molecule has 2 aliphatic heterocycles. The molecule has 0 aromatic heterocycles. The Morgan fingerprint density at radius 1 is 0.933 bits per heavy atom. The Hall–Kier alpha value is -1.50. The summed E-state index contributed by atoms with van der Waals surface area (Å²) in [4.78, 5) is 31.0. The smallest absolute Gasteiger partial charge is 0.410 e. The van der Waals surface area contributed by atoms with E-state index in [-0.39, 0.29) is 23.7 Å². The largest absolute Gasteiger partial charge is 0.444 e. The van der Waals surface area contributed by atoms with Gasteiger partial charge in [0.25, 0.3) is 0 Å². The van der Waals surface area contributed by atoms with Crippen molar-refractivity contribution in [3.63, 3.8) is 0 Å². The molecule has 30 heavy (non-hydrogen) atoms. The molecule has 0 bridgehead atoms. The third-order valence-electron chi connectivity index (χ3n) is 7.34. The fourth-order valence-electron chi connectivity index (χ4n) is 5.51. The number of nitrogens with zero attached hydrogens (tertiary/aromatic N) is 3. The number of hydrogen-bond donors (Lipinski definition) is 1. The number of rotatable bonds is 3. The van der Waals surface area contributed by atoms with Crippen molar-refractivity contribution in [2.45, 2.75) is 109 Å². The van der Waals surface area contributed by atoms with Gasteiger partial charge in [0.2, 0.25) is 0 Å². The van der Waals surface area contributed by atoms with Crippen LogP contribution >= 0.6 is 0 Å². The van der Waals surface area contributed by atoms with Gasteiger partial charge < -0.3 is 20.3 Å². The zero-order chi connectivity index (χ0) is 21.9. The van der Waals surface area contributed by atoms with Crippen LogP contribution in [0.5, 0.6) is 0 Å². The van der Waals surface area contributed by atoms with Crippen LogP contribution in [-0.4, -0.2) is 76.2 Å². The summed E-state index contributed by atoms with van der Waals surface area (Å²) >= 11 is 0. The molecule has 7 heteroatoms. The Bertz CT molecular complexity index is 596. The molecule has 3 aliphatic rings. The van der Waals surface area contributed by atoms with Crippen LogP contribution in [0.2, 0.25) is 0 Å². The Morgan fingerprint density at radius 2 is 1.47 bits per heavy atom. The molecule has 3 rings (SSSR count). The molecule has 0 spiro atoms. The average molecular weight is 423 g/mol. The van der Waals surface area contributed by atoms with Gasteiger partial charge >= 0.3 is 12.1 Å². The number of urea groups is 1. The highest BCUT2D eigenvalue weighted by molar-refractivity contribution is 5.73. The molecular formula is C23H42N4O3. The second-order valence-corrected chi connectivity index (χ2v) is 10.7. The fourth-order valence-corrected chi connectivity index (χ4v) is 5.51.